The normalized spacial score (nSPS) is 10.4. The SMILES string of the molecule is Cn1nc(-c2ccc(F)cc2)c(Br)c1C=O. The van der Waals surface area contributed by atoms with Crippen LogP contribution in [-0.4, -0.2) is 16.1 Å². The fourth-order valence-electron chi connectivity index (χ4n) is 1.43. The molecule has 5 heteroatoms. The Morgan fingerprint density at radius 3 is 2.50 bits per heavy atom. The van der Waals surface area contributed by atoms with Gasteiger partial charge >= 0.3 is 0 Å². The number of halogens is 2. The van der Waals surface area contributed by atoms with Gasteiger partial charge in [-0.1, -0.05) is 0 Å². The second-order valence-electron chi connectivity index (χ2n) is 3.30. The number of aldehydes is 1. The second-order valence-corrected chi connectivity index (χ2v) is 4.09. The first-order chi connectivity index (χ1) is 7.63. The van der Waals surface area contributed by atoms with Crippen molar-refractivity contribution in [2.24, 2.45) is 7.05 Å². The van der Waals surface area contributed by atoms with Crippen LogP contribution in [0.4, 0.5) is 4.39 Å². The topological polar surface area (TPSA) is 34.9 Å². The van der Waals surface area contributed by atoms with E-state index in [1.165, 1.54) is 16.8 Å². The molecule has 0 aliphatic rings. The summed E-state index contributed by atoms with van der Waals surface area (Å²) in [5, 5.41) is 4.20. The molecule has 0 N–H and O–H groups in total. The maximum Gasteiger partial charge on any atom is 0.169 e. The Morgan fingerprint density at radius 1 is 1.38 bits per heavy atom. The Morgan fingerprint density at radius 2 is 2.00 bits per heavy atom. The predicted octanol–water partition coefficient (Wildman–Crippen LogP) is 2.80. The van der Waals surface area contributed by atoms with Gasteiger partial charge in [0.25, 0.3) is 0 Å². The number of aryl methyl sites for hydroxylation is 1. The molecule has 1 aromatic carbocycles. The first-order valence-corrected chi connectivity index (χ1v) is 5.36. The largest absolute Gasteiger partial charge is 0.296 e. The van der Waals surface area contributed by atoms with E-state index < -0.39 is 0 Å². The highest BCUT2D eigenvalue weighted by Gasteiger charge is 2.14. The summed E-state index contributed by atoms with van der Waals surface area (Å²) in [7, 11) is 1.68. The summed E-state index contributed by atoms with van der Waals surface area (Å²) < 4.78 is 14.9. The molecule has 1 aromatic heterocycles. The van der Waals surface area contributed by atoms with Gasteiger partial charge in [0.2, 0.25) is 0 Å². The average Bonchev–Trinajstić information content (AvgIpc) is 2.55. The Kier molecular flexibility index (Phi) is 2.87. The van der Waals surface area contributed by atoms with Crippen LogP contribution in [0.5, 0.6) is 0 Å². The molecule has 0 saturated heterocycles. The number of carbonyl (C=O) groups is 1. The van der Waals surface area contributed by atoms with Crippen molar-refractivity contribution in [1.29, 1.82) is 0 Å². The Labute approximate surface area is 100 Å². The number of hydrogen-bond acceptors (Lipinski definition) is 2. The summed E-state index contributed by atoms with van der Waals surface area (Å²) in [5.74, 6) is -0.300. The van der Waals surface area contributed by atoms with E-state index >= 15 is 0 Å². The van der Waals surface area contributed by atoms with Gasteiger partial charge in [0.1, 0.15) is 17.2 Å². The maximum atomic E-state index is 12.8. The van der Waals surface area contributed by atoms with Crippen LogP contribution in [0.1, 0.15) is 10.5 Å². The minimum absolute atomic E-state index is 0.300. The molecule has 2 rings (SSSR count). The van der Waals surface area contributed by atoms with E-state index in [0.717, 1.165) is 11.8 Å². The molecule has 0 unspecified atom stereocenters. The van der Waals surface area contributed by atoms with Crippen LogP contribution in [0.15, 0.2) is 28.7 Å². The molecule has 82 valence electrons. The molecule has 0 bridgehead atoms. The van der Waals surface area contributed by atoms with Crippen LogP contribution in [0.2, 0.25) is 0 Å². The van der Waals surface area contributed by atoms with Gasteiger partial charge in [0.05, 0.1) is 4.47 Å². The van der Waals surface area contributed by atoms with E-state index in [4.69, 9.17) is 0 Å². The fraction of sp³-hybridized carbons (Fsp3) is 0.0909. The third-order valence-electron chi connectivity index (χ3n) is 2.26. The third kappa shape index (κ3) is 1.78. The number of hydrogen-bond donors (Lipinski definition) is 0. The van der Waals surface area contributed by atoms with Crippen LogP contribution in [0.3, 0.4) is 0 Å². The van der Waals surface area contributed by atoms with Gasteiger partial charge in [-0.3, -0.25) is 9.48 Å². The summed E-state index contributed by atoms with van der Waals surface area (Å²) in [4.78, 5) is 10.8. The zero-order chi connectivity index (χ0) is 11.7. The summed E-state index contributed by atoms with van der Waals surface area (Å²) >= 11 is 3.31. The van der Waals surface area contributed by atoms with E-state index in [1.807, 2.05) is 0 Å². The van der Waals surface area contributed by atoms with E-state index in [1.54, 1.807) is 19.2 Å². The lowest BCUT2D eigenvalue weighted by atomic mass is 10.1. The van der Waals surface area contributed by atoms with Gasteiger partial charge in [0, 0.05) is 12.6 Å². The minimum Gasteiger partial charge on any atom is -0.296 e. The highest BCUT2D eigenvalue weighted by atomic mass is 79.9. The Bertz CT molecular complexity index is 534. The van der Waals surface area contributed by atoms with E-state index in [9.17, 15) is 9.18 Å². The fourth-order valence-corrected chi connectivity index (χ4v) is 2.09. The lowest BCUT2D eigenvalue weighted by molar-refractivity contribution is 0.111. The molecule has 3 nitrogen and oxygen atoms in total. The summed E-state index contributed by atoms with van der Waals surface area (Å²) in [5.41, 5.74) is 1.85. The molecule has 1 heterocycles. The summed E-state index contributed by atoms with van der Waals surface area (Å²) in [6, 6.07) is 5.96. The maximum absolute atomic E-state index is 12.8. The molecule has 0 atom stereocenters. The lowest BCUT2D eigenvalue weighted by Crippen LogP contribution is -1.96. The molecule has 0 saturated carbocycles. The van der Waals surface area contributed by atoms with Crippen LogP contribution >= 0.6 is 15.9 Å². The number of aromatic nitrogens is 2. The van der Waals surface area contributed by atoms with Crippen LogP contribution in [-0.2, 0) is 7.05 Å². The second kappa shape index (κ2) is 4.17. The van der Waals surface area contributed by atoms with Crippen LogP contribution in [0.25, 0.3) is 11.3 Å². The Balaban J connectivity index is 2.56. The molecule has 0 amide bonds. The van der Waals surface area contributed by atoms with Gasteiger partial charge in [0.15, 0.2) is 6.29 Å². The van der Waals surface area contributed by atoms with Crippen molar-refractivity contribution in [2.45, 2.75) is 0 Å². The van der Waals surface area contributed by atoms with E-state index in [0.29, 0.717) is 15.9 Å². The predicted molar refractivity (Wildman–Crippen MR) is 61.7 cm³/mol. The molecular formula is C11H8BrFN2O. The quantitative estimate of drug-likeness (QED) is 0.794. The molecule has 0 aliphatic heterocycles. The zero-order valence-electron chi connectivity index (χ0n) is 8.45. The number of rotatable bonds is 2. The van der Waals surface area contributed by atoms with Gasteiger partial charge in [-0.05, 0) is 40.2 Å². The van der Waals surface area contributed by atoms with Crippen LogP contribution < -0.4 is 0 Å². The summed E-state index contributed by atoms with van der Waals surface area (Å²) in [6.07, 6.45) is 0.726. The number of carbonyl (C=O) groups excluding carboxylic acids is 1. The molecule has 2 aromatic rings. The molecule has 0 aliphatic carbocycles. The Hall–Kier alpha value is -1.49. The van der Waals surface area contributed by atoms with Crippen molar-refractivity contribution in [2.75, 3.05) is 0 Å². The van der Waals surface area contributed by atoms with E-state index in [-0.39, 0.29) is 5.82 Å². The van der Waals surface area contributed by atoms with E-state index in [2.05, 4.69) is 21.0 Å². The van der Waals surface area contributed by atoms with Crippen molar-refractivity contribution < 1.29 is 9.18 Å². The lowest BCUT2D eigenvalue weighted by Gasteiger charge is -1.96. The molecular weight excluding hydrogens is 275 g/mol. The minimum atomic E-state index is -0.300. The molecule has 0 spiro atoms. The van der Waals surface area contributed by atoms with Crippen molar-refractivity contribution in [3.8, 4) is 11.3 Å². The van der Waals surface area contributed by atoms with Gasteiger partial charge in [-0.2, -0.15) is 5.10 Å². The highest BCUT2D eigenvalue weighted by molar-refractivity contribution is 9.10. The highest BCUT2D eigenvalue weighted by Crippen LogP contribution is 2.29. The smallest absolute Gasteiger partial charge is 0.169 e. The average molecular weight is 283 g/mol. The molecule has 0 fully saturated rings. The zero-order valence-corrected chi connectivity index (χ0v) is 10.0. The van der Waals surface area contributed by atoms with Crippen molar-refractivity contribution in [1.82, 2.24) is 9.78 Å². The van der Waals surface area contributed by atoms with Crippen LogP contribution in [0, 0.1) is 5.82 Å². The molecule has 16 heavy (non-hydrogen) atoms. The third-order valence-corrected chi connectivity index (χ3v) is 3.04. The molecule has 0 radical (unpaired) electrons. The number of nitrogens with zero attached hydrogens (tertiary/aromatic N) is 2. The van der Waals surface area contributed by atoms with Gasteiger partial charge < -0.3 is 0 Å². The van der Waals surface area contributed by atoms with Crippen molar-refractivity contribution in [3.63, 3.8) is 0 Å². The van der Waals surface area contributed by atoms with Gasteiger partial charge in [-0.25, -0.2) is 4.39 Å². The summed E-state index contributed by atoms with van der Waals surface area (Å²) in [6.45, 7) is 0. The monoisotopic (exact) mass is 282 g/mol. The first kappa shape index (κ1) is 11.0. The number of benzene rings is 1. The van der Waals surface area contributed by atoms with Gasteiger partial charge in [-0.15, -0.1) is 0 Å². The van der Waals surface area contributed by atoms with Crippen molar-refractivity contribution >= 4 is 22.2 Å². The standard InChI is InChI=1S/C11H8BrFN2O/c1-15-9(6-16)10(12)11(14-15)7-2-4-8(13)5-3-7/h2-6H,1H3. The van der Waals surface area contributed by atoms with Crippen molar-refractivity contribution in [3.05, 3.63) is 40.2 Å². The first-order valence-electron chi connectivity index (χ1n) is 4.57.